The van der Waals surface area contributed by atoms with Gasteiger partial charge in [0.25, 0.3) is 0 Å². The lowest BCUT2D eigenvalue weighted by Crippen LogP contribution is -2.40. The fraction of sp³-hybridized carbons (Fsp3) is 0.600. The van der Waals surface area contributed by atoms with Gasteiger partial charge in [-0.05, 0) is 30.7 Å². The first-order valence-corrected chi connectivity index (χ1v) is 7.32. The molecule has 0 aliphatic heterocycles. The second-order valence-electron chi connectivity index (χ2n) is 4.77. The molecule has 1 aromatic rings. The average Bonchev–Trinajstić information content (AvgIpc) is 2.44. The van der Waals surface area contributed by atoms with Crippen molar-refractivity contribution >= 4 is 11.6 Å². The van der Waals surface area contributed by atoms with E-state index in [0.717, 1.165) is 12.8 Å². The SMILES string of the molecule is CCCC(COC)NCC(O)COc1ccc(Cl)cc1. The number of ether oxygens (including phenoxy) is 2. The molecule has 0 bridgehead atoms. The van der Waals surface area contributed by atoms with Gasteiger partial charge in [-0.15, -0.1) is 0 Å². The maximum Gasteiger partial charge on any atom is 0.119 e. The molecule has 0 aliphatic carbocycles. The Bertz CT molecular complexity index is 353. The molecule has 0 saturated carbocycles. The van der Waals surface area contributed by atoms with E-state index in [9.17, 15) is 5.11 Å². The average molecular weight is 302 g/mol. The number of benzene rings is 1. The van der Waals surface area contributed by atoms with Gasteiger partial charge < -0.3 is 19.9 Å². The van der Waals surface area contributed by atoms with Crippen LogP contribution in [0, 0.1) is 0 Å². The lowest BCUT2D eigenvalue weighted by atomic mass is 10.2. The number of halogens is 1. The second-order valence-corrected chi connectivity index (χ2v) is 5.20. The van der Waals surface area contributed by atoms with Gasteiger partial charge in [0.05, 0.1) is 6.61 Å². The largest absolute Gasteiger partial charge is 0.491 e. The van der Waals surface area contributed by atoms with Crippen molar-refractivity contribution in [3.8, 4) is 5.75 Å². The normalized spacial score (nSPS) is 14.0. The molecule has 0 saturated heterocycles. The number of hydrogen-bond acceptors (Lipinski definition) is 4. The molecule has 1 aromatic carbocycles. The summed E-state index contributed by atoms with van der Waals surface area (Å²) in [6, 6.07) is 7.37. The Hall–Kier alpha value is -0.810. The first-order chi connectivity index (χ1) is 9.65. The summed E-state index contributed by atoms with van der Waals surface area (Å²) in [7, 11) is 1.68. The van der Waals surface area contributed by atoms with E-state index >= 15 is 0 Å². The highest BCUT2D eigenvalue weighted by molar-refractivity contribution is 6.30. The maximum atomic E-state index is 9.90. The van der Waals surface area contributed by atoms with Crippen molar-refractivity contribution in [2.24, 2.45) is 0 Å². The molecule has 0 aromatic heterocycles. The minimum absolute atomic E-state index is 0.250. The number of aliphatic hydroxyl groups is 1. The van der Waals surface area contributed by atoms with Crippen molar-refractivity contribution in [2.45, 2.75) is 31.9 Å². The van der Waals surface area contributed by atoms with Crippen LogP contribution >= 0.6 is 11.6 Å². The third-order valence-corrected chi connectivity index (χ3v) is 3.16. The zero-order chi connectivity index (χ0) is 14.8. The minimum atomic E-state index is -0.554. The van der Waals surface area contributed by atoms with Crippen LogP contribution in [0.25, 0.3) is 0 Å². The number of methoxy groups -OCH3 is 1. The Morgan fingerprint density at radius 2 is 1.95 bits per heavy atom. The predicted octanol–water partition coefficient (Wildman–Crippen LogP) is 2.48. The van der Waals surface area contributed by atoms with Crippen molar-refractivity contribution in [3.05, 3.63) is 29.3 Å². The van der Waals surface area contributed by atoms with Gasteiger partial charge in [-0.3, -0.25) is 0 Å². The highest BCUT2D eigenvalue weighted by Crippen LogP contribution is 2.15. The molecule has 1 rings (SSSR count). The van der Waals surface area contributed by atoms with E-state index in [2.05, 4.69) is 12.2 Å². The molecule has 2 N–H and O–H groups in total. The van der Waals surface area contributed by atoms with Crippen LogP contribution in [0.5, 0.6) is 5.75 Å². The molecular formula is C15H24ClNO3. The summed E-state index contributed by atoms with van der Waals surface area (Å²) in [5, 5.41) is 13.9. The summed E-state index contributed by atoms with van der Waals surface area (Å²) in [6.45, 7) is 3.52. The van der Waals surface area contributed by atoms with Gasteiger partial charge in [0.1, 0.15) is 18.5 Å². The summed E-state index contributed by atoms with van der Waals surface area (Å²) in [4.78, 5) is 0. The van der Waals surface area contributed by atoms with E-state index in [1.165, 1.54) is 0 Å². The number of nitrogens with one attached hydrogen (secondary N) is 1. The maximum absolute atomic E-state index is 9.90. The lowest BCUT2D eigenvalue weighted by Gasteiger charge is -2.20. The minimum Gasteiger partial charge on any atom is -0.491 e. The van der Waals surface area contributed by atoms with E-state index in [1.54, 1.807) is 31.4 Å². The molecule has 5 heteroatoms. The van der Waals surface area contributed by atoms with E-state index in [-0.39, 0.29) is 12.6 Å². The molecule has 0 fully saturated rings. The van der Waals surface area contributed by atoms with Gasteiger partial charge in [0.15, 0.2) is 0 Å². The zero-order valence-electron chi connectivity index (χ0n) is 12.1. The van der Waals surface area contributed by atoms with Gasteiger partial charge in [0.2, 0.25) is 0 Å². The van der Waals surface area contributed by atoms with Crippen LogP contribution in [-0.2, 0) is 4.74 Å². The zero-order valence-corrected chi connectivity index (χ0v) is 12.9. The summed E-state index contributed by atoms with van der Waals surface area (Å²) in [5.41, 5.74) is 0. The van der Waals surface area contributed by atoms with Gasteiger partial charge >= 0.3 is 0 Å². The Morgan fingerprint density at radius 3 is 2.55 bits per heavy atom. The summed E-state index contributed by atoms with van der Waals surface area (Å²) >= 11 is 5.79. The van der Waals surface area contributed by atoms with Crippen LogP contribution < -0.4 is 10.1 Å². The van der Waals surface area contributed by atoms with Crippen LogP contribution in [0.15, 0.2) is 24.3 Å². The molecule has 20 heavy (non-hydrogen) atoms. The quantitative estimate of drug-likeness (QED) is 0.697. The fourth-order valence-corrected chi connectivity index (χ4v) is 2.00. The predicted molar refractivity (Wildman–Crippen MR) is 81.5 cm³/mol. The van der Waals surface area contributed by atoms with Crippen LogP contribution in [0.2, 0.25) is 5.02 Å². The van der Waals surface area contributed by atoms with Crippen molar-refractivity contribution in [2.75, 3.05) is 26.9 Å². The van der Waals surface area contributed by atoms with Crippen molar-refractivity contribution in [3.63, 3.8) is 0 Å². The van der Waals surface area contributed by atoms with Crippen molar-refractivity contribution < 1.29 is 14.6 Å². The topological polar surface area (TPSA) is 50.7 Å². The smallest absolute Gasteiger partial charge is 0.119 e. The van der Waals surface area contributed by atoms with Crippen LogP contribution in [0.3, 0.4) is 0 Å². The molecular weight excluding hydrogens is 278 g/mol. The molecule has 0 radical (unpaired) electrons. The Morgan fingerprint density at radius 1 is 1.25 bits per heavy atom. The third kappa shape index (κ3) is 7.10. The van der Waals surface area contributed by atoms with E-state index in [0.29, 0.717) is 23.9 Å². The van der Waals surface area contributed by atoms with Gasteiger partial charge in [-0.2, -0.15) is 0 Å². The van der Waals surface area contributed by atoms with Crippen LogP contribution in [-0.4, -0.2) is 44.1 Å². The standard InChI is InChI=1S/C15H24ClNO3/c1-3-4-13(10-19-2)17-9-14(18)11-20-15-7-5-12(16)6-8-15/h5-8,13-14,17-18H,3-4,9-11H2,1-2H3. The Kier molecular flexibility index (Phi) is 8.62. The third-order valence-electron chi connectivity index (χ3n) is 2.90. The first kappa shape index (κ1) is 17.2. The highest BCUT2D eigenvalue weighted by atomic mass is 35.5. The Balaban J connectivity index is 2.25. The van der Waals surface area contributed by atoms with E-state index in [4.69, 9.17) is 21.1 Å². The fourth-order valence-electron chi connectivity index (χ4n) is 1.88. The lowest BCUT2D eigenvalue weighted by molar-refractivity contribution is 0.0946. The monoisotopic (exact) mass is 301 g/mol. The first-order valence-electron chi connectivity index (χ1n) is 6.94. The Labute approximate surface area is 126 Å². The van der Waals surface area contributed by atoms with Crippen LogP contribution in [0.1, 0.15) is 19.8 Å². The molecule has 0 heterocycles. The number of aliphatic hydroxyl groups excluding tert-OH is 1. The molecule has 0 amide bonds. The van der Waals surface area contributed by atoms with E-state index < -0.39 is 6.10 Å². The van der Waals surface area contributed by atoms with Gasteiger partial charge in [0, 0.05) is 24.7 Å². The van der Waals surface area contributed by atoms with Gasteiger partial charge in [-0.25, -0.2) is 0 Å². The number of rotatable bonds is 10. The van der Waals surface area contributed by atoms with Crippen molar-refractivity contribution in [1.29, 1.82) is 0 Å². The van der Waals surface area contributed by atoms with Crippen LogP contribution in [0.4, 0.5) is 0 Å². The molecule has 0 aliphatic rings. The molecule has 0 spiro atoms. The van der Waals surface area contributed by atoms with Gasteiger partial charge in [-0.1, -0.05) is 24.9 Å². The van der Waals surface area contributed by atoms with Crippen molar-refractivity contribution in [1.82, 2.24) is 5.32 Å². The highest BCUT2D eigenvalue weighted by Gasteiger charge is 2.10. The summed E-state index contributed by atoms with van der Waals surface area (Å²) in [6.07, 6.45) is 1.55. The molecule has 114 valence electrons. The summed E-state index contributed by atoms with van der Waals surface area (Å²) in [5.74, 6) is 0.704. The van der Waals surface area contributed by atoms with E-state index in [1.807, 2.05) is 0 Å². The molecule has 4 nitrogen and oxygen atoms in total. The number of hydrogen-bond donors (Lipinski definition) is 2. The second kappa shape index (κ2) is 10.00. The molecule has 2 atom stereocenters. The molecule has 2 unspecified atom stereocenters. The summed E-state index contributed by atoms with van der Waals surface area (Å²) < 4.78 is 10.6.